The van der Waals surface area contributed by atoms with Crippen LogP contribution in [0, 0.1) is 16.8 Å². The summed E-state index contributed by atoms with van der Waals surface area (Å²) in [5, 5.41) is 21.2. The molecule has 0 fully saturated rings. The van der Waals surface area contributed by atoms with Crippen molar-refractivity contribution in [2.75, 3.05) is 0 Å². The van der Waals surface area contributed by atoms with Crippen molar-refractivity contribution in [2.45, 2.75) is 0 Å². The minimum Gasteiger partial charge on any atom is -0.618 e. The monoisotopic (exact) mass is 265 g/mol. The second-order valence-corrected chi connectivity index (χ2v) is 3.89. The van der Waals surface area contributed by atoms with E-state index in [4.69, 9.17) is 4.42 Å². The van der Waals surface area contributed by atoms with E-state index in [1.165, 1.54) is 0 Å². The smallest absolute Gasteiger partial charge is 0.263 e. The Bertz CT molecular complexity index is 843. The van der Waals surface area contributed by atoms with Crippen LogP contribution < -0.4 is 10.2 Å². The Morgan fingerprint density at radius 1 is 1.26 bits per heavy atom. The third-order valence-corrected chi connectivity index (χ3v) is 2.72. The number of hydrogen-bond donors (Lipinski definition) is 1. The van der Waals surface area contributed by atoms with Crippen LogP contribution in [0.25, 0.3) is 22.6 Å². The van der Waals surface area contributed by atoms with Gasteiger partial charge in [-0.15, -0.1) is 0 Å². The highest BCUT2D eigenvalue weighted by Crippen LogP contribution is 2.28. The van der Waals surface area contributed by atoms with Crippen molar-refractivity contribution in [3.05, 3.63) is 51.3 Å². The van der Waals surface area contributed by atoms with Crippen LogP contribution in [0.3, 0.4) is 0 Å². The van der Waals surface area contributed by atoms with E-state index in [0.717, 1.165) is 24.3 Å². The zero-order valence-electron chi connectivity index (χ0n) is 9.18. The number of rotatable bonds is 0. The van der Waals surface area contributed by atoms with Gasteiger partial charge in [-0.2, -0.15) is 9.12 Å². The molecule has 96 valence electrons. The van der Waals surface area contributed by atoms with E-state index in [2.05, 4.69) is 0 Å². The largest absolute Gasteiger partial charge is 0.618 e. The van der Waals surface area contributed by atoms with Gasteiger partial charge >= 0.3 is 0 Å². The topological polar surface area (TPSA) is 77.4 Å². The average molecular weight is 265 g/mol. The van der Waals surface area contributed by atoms with Crippen molar-refractivity contribution in [1.29, 1.82) is 0 Å². The molecule has 0 unspecified atom stereocenters. The number of nitrogens with zero attached hydrogens (tertiary/aromatic N) is 1. The Morgan fingerprint density at radius 2 is 2.00 bits per heavy atom. The highest BCUT2D eigenvalue weighted by atomic mass is 19.1. The summed E-state index contributed by atoms with van der Waals surface area (Å²) in [6.45, 7) is 0. The summed E-state index contributed by atoms with van der Waals surface area (Å²) in [5.74, 6) is -3.19. The number of phenols is 1. The van der Waals surface area contributed by atoms with Crippen molar-refractivity contribution in [1.82, 2.24) is 0 Å². The quantitative estimate of drug-likeness (QED) is 0.379. The average Bonchev–Trinajstić information content (AvgIpc) is 2.37. The summed E-state index contributed by atoms with van der Waals surface area (Å²) in [6, 6.07) is 3.58. The predicted molar refractivity (Wildman–Crippen MR) is 59.6 cm³/mol. The van der Waals surface area contributed by atoms with Gasteiger partial charge in [0.05, 0.1) is 6.07 Å². The minimum absolute atomic E-state index is 0.221. The highest BCUT2D eigenvalue weighted by molar-refractivity contribution is 5.74. The lowest BCUT2D eigenvalue weighted by atomic mass is 10.2. The molecule has 0 aromatic heterocycles. The maximum Gasteiger partial charge on any atom is 0.263 e. The number of halogens is 2. The molecule has 0 saturated heterocycles. The van der Waals surface area contributed by atoms with E-state index in [-0.39, 0.29) is 21.7 Å². The van der Waals surface area contributed by atoms with E-state index in [0.29, 0.717) is 0 Å². The van der Waals surface area contributed by atoms with Crippen LogP contribution in [0.1, 0.15) is 0 Å². The molecule has 0 atom stereocenters. The van der Waals surface area contributed by atoms with E-state index in [9.17, 15) is 23.9 Å². The van der Waals surface area contributed by atoms with E-state index < -0.39 is 28.4 Å². The third-order valence-electron chi connectivity index (χ3n) is 2.72. The molecule has 0 saturated carbocycles. The first-order valence-electron chi connectivity index (χ1n) is 5.16. The minimum atomic E-state index is -1.12. The van der Waals surface area contributed by atoms with Gasteiger partial charge in [-0.25, -0.2) is 4.39 Å². The molecule has 1 aliphatic carbocycles. The summed E-state index contributed by atoms with van der Waals surface area (Å²) in [7, 11) is 0. The van der Waals surface area contributed by atoms with Crippen LogP contribution in [-0.4, -0.2) is 5.11 Å². The van der Waals surface area contributed by atoms with Crippen LogP contribution >= 0.6 is 0 Å². The van der Waals surface area contributed by atoms with E-state index in [1.807, 2.05) is 0 Å². The van der Waals surface area contributed by atoms with E-state index >= 15 is 0 Å². The lowest BCUT2D eigenvalue weighted by molar-refractivity contribution is -0.566. The van der Waals surface area contributed by atoms with Crippen molar-refractivity contribution in [3.63, 3.8) is 0 Å². The Labute approximate surface area is 103 Å². The lowest BCUT2D eigenvalue weighted by Crippen LogP contribution is -2.32. The van der Waals surface area contributed by atoms with Crippen LogP contribution in [0.15, 0.2) is 33.5 Å². The summed E-state index contributed by atoms with van der Waals surface area (Å²) < 4.78 is 32.1. The van der Waals surface area contributed by atoms with Gasteiger partial charge in [0.1, 0.15) is 0 Å². The standard InChI is InChI=1S/C12H5F2NO4/c13-5-3-7-10(4-9(5)17)19-12-6(15(7)18)1-2-8(16)11(12)14/h1-4,16H. The van der Waals surface area contributed by atoms with Crippen molar-refractivity contribution in [3.8, 4) is 17.2 Å². The van der Waals surface area contributed by atoms with Gasteiger partial charge in [0.15, 0.2) is 11.6 Å². The Hall–Kier alpha value is -2.70. The molecular weight excluding hydrogens is 260 g/mol. The molecule has 5 nitrogen and oxygen atoms in total. The summed E-state index contributed by atoms with van der Waals surface area (Å²) in [6.07, 6.45) is 0. The fraction of sp³-hybridized carbons (Fsp3) is 0. The number of benzene rings is 2. The fourth-order valence-corrected chi connectivity index (χ4v) is 1.80. The molecule has 1 heterocycles. The highest BCUT2D eigenvalue weighted by Gasteiger charge is 2.24. The zero-order chi connectivity index (χ0) is 13.7. The molecule has 0 amide bonds. The molecule has 0 radical (unpaired) electrons. The zero-order valence-corrected chi connectivity index (χ0v) is 9.18. The maximum absolute atomic E-state index is 13.6. The Morgan fingerprint density at radius 3 is 2.74 bits per heavy atom. The number of hydrogen-bond acceptors (Lipinski definition) is 4. The van der Waals surface area contributed by atoms with Crippen molar-refractivity contribution >= 4 is 11.1 Å². The number of aromatic nitrogens is 1. The number of phenolic OH excluding ortho intramolecular Hbond substituents is 1. The Balaban J connectivity index is 2.57. The molecule has 1 aliphatic heterocycles. The molecule has 1 aromatic rings. The SMILES string of the molecule is O=c1cc2oc3c(F)c(O)ccc3[n+]([O-])c-2cc1F. The van der Waals surface area contributed by atoms with Crippen LogP contribution in [0.2, 0.25) is 0 Å². The summed E-state index contributed by atoms with van der Waals surface area (Å²) in [5.41, 5.74) is -1.94. The van der Waals surface area contributed by atoms with Gasteiger partial charge in [-0.3, -0.25) is 4.79 Å². The number of aromatic hydroxyl groups is 1. The van der Waals surface area contributed by atoms with Crippen LogP contribution in [0.5, 0.6) is 5.75 Å². The molecule has 0 bridgehead atoms. The van der Waals surface area contributed by atoms with Gasteiger partial charge in [0.2, 0.25) is 22.6 Å². The second kappa shape index (κ2) is 3.64. The molecule has 3 rings (SSSR count). The first kappa shape index (κ1) is 11.4. The normalized spacial score (nSPS) is 11.3. The fourth-order valence-electron chi connectivity index (χ4n) is 1.80. The lowest BCUT2D eigenvalue weighted by Gasteiger charge is -2.09. The number of fused-ring (bicyclic) bond motifs is 2. The molecule has 1 N–H and O–H groups in total. The van der Waals surface area contributed by atoms with Gasteiger partial charge in [-0.1, -0.05) is 0 Å². The van der Waals surface area contributed by atoms with Gasteiger partial charge in [0, 0.05) is 12.1 Å². The molecule has 7 heteroatoms. The first-order valence-corrected chi connectivity index (χ1v) is 5.16. The van der Waals surface area contributed by atoms with E-state index in [1.54, 1.807) is 0 Å². The molecule has 19 heavy (non-hydrogen) atoms. The molecule has 1 aromatic carbocycles. The van der Waals surface area contributed by atoms with Crippen LogP contribution in [0.4, 0.5) is 8.78 Å². The van der Waals surface area contributed by atoms with Crippen molar-refractivity contribution in [2.24, 2.45) is 0 Å². The van der Waals surface area contributed by atoms with Gasteiger partial charge in [0.25, 0.3) is 11.2 Å². The third kappa shape index (κ3) is 1.51. The van der Waals surface area contributed by atoms with Crippen LogP contribution in [-0.2, 0) is 0 Å². The molecule has 0 spiro atoms. The Kier molecular flexibility index (Phi) is 2.19. The predicted octanol–water partition coefficient (Wildman–Crippen LogP) is 1.51. The first-order chi connectivity index (χ1) is 8.99. The maximum atomic E-state index is 13.6. The molecule has 2 aliphatic rings. The van der Waals surface area contributed by atoms with Crippen molar-refractivity contribution < 1.29 is 23.0 Å². The molecular formula is C12H5F2NO4. The van der Waals surface area contributed by atoms with Gasteiger partial charge < -0.3 is 14.7 Å². The second-order valence-electron chi connectivity index (χ2n) is 3.89. The summed E-state index contributed by atoms with van der Waals surface area (Å²) >= 11 is 0. The summed E-state index contributed by atoms with van der Waals surface area (Å²) in [4.78, 5) is 11.1. The van der Waals surface area contributed by atoms with Gasteiger partial charge in [-0.05, 0) is 6.07 Å².